The predicted octanol–water partition coefficient (Wildman–Crippen LogP) is 3.93. The molecule has 0 saturated heterocycles. The minimum atomic E-state index is -1.63. The van der Waals surface area contributed by atoms with Crippen molar-refractivity contribution >= 4 is 16.7 Å². The number of nitrogens with zero attached hydrogens (tertiary/aromatic N) is 4. The maximum absolute atomic E-state index is 12.7. The first-order chi connectivity index (χ1) is 18.7. The van der Waals surface area contributed by atoms with Crippen LogP contribution in [-0.2, 0) is 17.6 Å². The Balaban J connectivity index is 1.45. The topological polar surface area (TPSA) is 122 Å². The number of aromatic nitrogens is 2. The molecule has 2 heterocycles. The van der Waals surface area contributed by atoms with Crippen molar-refractivity contribution in [3.05, 3.63) is 65.6 Å². The van der Waals surface area contributed by atoms with Gasteiger partial charge in [0.2, 0.25) is 5.88 Å². The van der Waals surface area contributed by atoms with Gasteiger partial charge in [0.25, 0.3) is 5.91 Å². The minimum absolute atomic E-state index is 0.0890. The van der Waals surface area contributed by atoms with Gasteiger partial charge < -0.3 is 20.1 Å². The number of hydrogen-bond donors (Lipinski definition) is 2. The summed E-state index contributed by atoms with van der Waals surface area (Å²) >= 11 is 0. The van der Waals surface area contributed by atoms with E-state index >= 15 is 0 Å². The highest BCUT2D eigenvalue weighted by Crippen LogP contribution is 2.39. The average Bonchev–Trinajstić information content (AvgIpc) is 2.92. The standard InChI is InChI=1S/C31H39N5O3/c1-4-5-9-25-18-24-8-6-7-10-27(24)29(35-25)39-16-15-36(2,3)28-14-12-22(19-31(28,38)30(33)37)17-23-11-13-26(20-32)34-21-23/h6-8,10-11,13,18,21-22,28,38H,4-5,9,12,14-17,19H2,1-3H3,(H-,33,37)/p+1/t22?,28-,31-/m0/s1. The molecule has 3 aromatic rings. The number of fused-ring (bicyclic) bond motifs is 1. The van der Waals surface area contributed by atoms with Crippen LogP contribution in [0.3, 0.4) is 0 Å². The lowest BCUT2D eigenvalue weighted by Gasteiger charge is -2.49. The van der Waals surface area contributed by atoms with Gasteiger partial charge in [0.15, 0.2) is 5.60 Å². The molecule has 0 spiro atoms. The van der Waals surface area contributed by atoms with Gasteiger partial charge in [-0.05, 0) is 67.2 Å². The van der Waals surface area contributed by atoms with Crippen LogP contribution in [0.15, 0.2) is 48.7 Å². The lowest BCUT2D eigenvalue weighted by atomic mass is 9.71. The summed E-state index contributed by atoms with van der Waals surface area (Å²) in [4.78, 5) is 21.6. The molecule has 1 unspecified atom stereocenters. The molecule has 0 aliphatic heterocycles. The summed E-state index contributed by atoms with van der Waals surface area (Å²) in [6.45, 7) is 3.15. The highest BCUT2D eigenvalue weighted by Gasteiger charge is 2.54. The summed E-state index contributed by atoms with van der Waals surface area (Å²) in [5.74, 6) is 0.0359. The third-order valence-electron chi connectivity index (χ3n) is 8.18. The second-order valence-corrected chi connectivity index (χ2v) is 11.4. The van der Waals surface area contributed by atoms with E-state index < -0.39 is 11.5 Å². The molecule has 3 atom stereocenters. The number of aliphatic hydroxyl groups is 1. The molecule has 1 saturated carbocycles. The maximum Gasteiger partial charge on any atom is 0.255 e. The van der Waals surface area contributed by atoms with Crippen molar-refractivity contribution in [3.63, 3.8) is 0 Å². The molecule has 2 aromatic heterocycles. The zero-order valence-corrected chi connectivity index (χ0v) is 23.3. The number of aryl methyl sites for hydroxylation is 1. The molecule has 3 N–H and O–H groups in total. The number of nitrogens with two attached hydrogens (primary N) is 1. The Morgan fingerprint density at radius 2 is 2.05 bits per heavy atom. The van der Waals surface area contributed by atoms with Crippen LogP contribution in [0.5, 0.6) is 5.88 Å². The number of unbranched alkanes of at least 4 members (excludes halogenated alkanes) is 1. The van der Waals surface area contributed by atoms with Crippen LogP contribution < -0.4 is 10.5 Å². The Labute approximate surface area is 231 Å². The van der Waals surface area contributed by atoms with Crippen molar-refractivity contribution in [2.24, 2.45) is 11.7 Å². The molecule has 0 bridgehead atoms. The molecule has 1 amide bonds. The molecule has 8 nitrogen and oxygen atoms in total. The molecule has 39 heavy (non-hydrogen) atoms. The Hall–Kier alpha value is -3.54. The monoisotopic (exact) mass is 530 g/mol. The number of hydrogen-bond acceptors (Lipinski definition) is 6. The predicted molar refractivity (Wildman–Crippen MR) is 151 cm³/mol. The van der Waals surface area contributed by atoms with Crippen molar-refractivity contribution in [3.8, 4) is 11.9 Å². The van der Waals surface area contributed by atoms with Gasteiger partial charge in [0.1, 0.15) is 31.0 Å². The fourth-order valence-corrected chi connectivity index (χ4v) is 5.97. The first kappa shape index (κ1) is 28.5. The minimum Gasteiger partial charge on any atom is -0.471 e. The largest absolute Gasteiger partial charge is 0.471 e. The molecule has 0 radical (unpaired) electrons. The third-order valence-corrected chi connectivity index (χ3v) is 8.18. The van der Waals surface area contributed by atoms with E-state index in [1.165, 1.54) is 0 Å². The van der Waals surface area contributed by atoms with Crippen LogP contribution in [0.1, 0.15) is 56.0 Å². The highest BCUT2D eigenvalue weighted by atomic mass is 16.5. The second-order valence-electron chi connectivity index (χ2n) is 11.4. The number of carbonyl (C=O) groups is 1. The Bertz CT molecular complexity index is 1330. The molecular formula is C31H40N5O3+. The summed E-state index contributed by atoms with van der Waals surface area (Å²) in [6, 6.07) is 15.5. The van der Waals surface area contributed by atoms with Gasteiger partial charge >= 0.3 is 0 Å². The molecule has 1 aliphatic carbocycles. The molecule has 1 aromatic carbocycles. The molecule has 1 fully saturated rings. The Kier molecular flexibility index (Phi) is 8.83. The Morgan fingerprint density at radius 3 is 2.74 bits per heavy atom. The summed E-state index contributed by atoms with van der Waals surface area (Å²) < 4.78 is 6.66. The van der Waals surface area contributed by atoms with Crippen molar-refractivity contribution < 1.29 is 19.1 Å². The molecule has 8 heteroatoms. The van der Waals surface area contributed by atoms with E-state index in [1.54, 1.807) is 12.3 Å². The number of likely N-dealkylation sites (N-methyl/N-ethyl adjacent to an activating group) is 1. The van der Waals surface area contributed by atoms with E-state index in [0.717, 1.165) is 47.7 Å². The van der Waals surface area contributed by atoms with Crippen LogP contribution in [0.25, 0.3) is 10.8 Å². The molecule has 4 rings (SSSR count). The first-order valence-corrected chi connectivity index (χ1v) is 13.9. The van der Waals surface area contributed by atoms with Crippen molar-refractivity contribution in [1.82, 2.24) is 9.97 Å². The fraction of sp³-hybridized carbons (Fsp3) is 0.484. The number of pyridine rings is 2. The van der Waals surface area contributed by atoms with Gasteiger partial charge in [-0.15, -0.1) is 0 Å². The van der Waals surface area contributed by atoms with Gasteiger partial charge in [-0.25, -0.2) is 9.97 Å². The van der Waals surface area contributed by atoms with Crippen LogP contribution in [0, 0.1) is 17.2 Å². The van der Waals surface area contributed by atoms with Crippen LogP contribution in [-0.4, -0.2) is 64.4 Å². The SMILES string of the molecule is CCCCc1cc2ccccc2c(OCC[N+](C)(C)[C@H]2CCC(Cc3ccc(C#N)nc3)C[C@@]2(O)C(N)=O)n1. The third kappa shape index (κ3) is 6.55. The number of benzene rings is 1. The number of primary amides is 1. The normalized spacial score (nSPS) is 21.4. The summed E-state index contributed by atoms with van der Waals surface area (Å²) in [5.41, 5.74) is 6.58. The number of quaternary nitrogens is 1. The number of ether oxygens (including phenoxy) is 1. The van der Waals surface area contributed by atoms with E-state index in [-0.39, 0.29) is 12.0 Å². The number of rotatable bonds is 11. The summed E-state index contributed by atoms with van der Waals surface area (Å²) in [6.07, 6.45) is 7.26. The quantitative estimate of drug-likeness (QED) is 0.362. The smallest absolute Gasteiger partial charge is 0.255 e. The van der Waals surface area contributed by atoms with Crippen LogP contribution in [0.4, 0.5) is 0 Å². The summed E-state index contributed by atoms with van der Waals surface area (Å²) in [7, 11) is 4.05. The fourth-order valence-electron chi connectivity index (χ4n) is 5.97. The second kappa shape index (κ2) is 12.1. The molecule has 206 valence electrons. The molecule has 1 aliphatic rings. The Morgan fingerprint density at radius 1 is 1.26 bits per heavy atom. The summed E-state index contributed by atoms with van der Waals surface area (Å²) in [5, 5.41) is 22.7. The zero-order valence-electron chi connectivity index (χ0n) is 23.3. The van der Waals surface area contributed by atoms with E-state index in [0.29, 0.717) is 48.5 Å². The van der Waals surface area contributed by atoms with Crippen LogP contribution in [0.2, 0.25) is 0 Å². The lowest BCUT2D eigenvalue weighted by molar-refractivity contribution is -0.922. The number of carbonyl (C=O) groups excluding carboxylic acids is 1. The lowest BCUT2D eigenvalue weighted by Crippen LogP contribution is -2.68. The number of amides is 1. The molecular weight excluding hydrogens is 490 g/mol. The maximum atomic E-state index is 12.7. The highest BCUT2D eigenvalue weighted by molar-refractivity contribution is 5.87. The van der Waals surface area contributed by atoms with Crippen molar-refractivity contribution in [2.45, 2.75) is 63.5 Å². The van der Waals surface area contributed by atoms with E-state index in [1.807, 2.05) is 44.4 Å². The first-order valence-electron chi connectivity index (χ1n) is 13.9. The van der Waals surface area contributed by atoms with Crippen molar-refractivity contribution in [2.75, 3.05) is 27.2 Å². The van der Waals surface area contributed by atoms with Gasteiger partial charge in [-0.2, -0.15) is 5.26 Å². The van der Waals surface area contributed by atoms with Crippen LogP contribution >= 0.6 is 0 Å². The van der Waals surface area contributed by atoms with E-state index in [4.69, 9.17) is 20.7 Å². The van der Waals surface area contributed by atoms with Gasteiger partial charge in [-0.3, -0.25) is 4.79 Å². The van der Waals surface area contributed by atoms with Gasteiger partial charge in [0, 0.05) is 23.7 Å². The average molecular weight is 531 g/mol. The van der Waals surface area contributed by atoms with E-state index in [9.17, 15) is 9.90 Å². The number of nitriles is 1. The van der Waals surface area contributed by atoms with Crippen molar-refractivity contribution in [1.29, 1.82) is 5.26 Å². The van der Waals surface area contributed by atoms with Gasteiger partial charge in [-0.1, -0.05) is 37.6 Å². The van der Waals surface area contributed by atoms with E-state index in [2.05, 4.69) is 24.0 Å². The van der Waals surface area contributed by atoms with Gasteiger partial charge in [0.05, 0.1) is 14.1 Å². The zero-order chi connectivity index (χ0) is 28.0.